The summed E-state index contributed by atoms with van der Waals surface area (Å²) in [5.74, 6) is 0.886. The molecule has 6 nitrogen and oxygen atoms in total. The first kappa shape index (κ1) is 15.1. The summed E-state index contributed by atoms with van der Waals surface area (Å²) in [4.78, 5) is 8.51. The third-order valence-electron chi connectivity index (χ3n) is 4.70. The van der Waals surface area contributed by atoms with Crippen molar-refractivity contribution in [3.63, 3.8) is 0 Å². The maximum absolute atomic E-state index is 5.44. The van der Waals surface area contributed by atoms with Crippen LogP contribution in [0.15, 0.2) is 42.9 Å². The highest BCUT2D eigenvalue weighted by atomic mass is 16.5. The van der Waals surface area contributed by atoms with E-state index in [2.05, 4.69) is 15.3 Å². The predicted molar refractivity (Wildman–Crippen MR) is 92.9 cm³/mol. The van der Waals surface area contributed by atoms with Crippen molar-refractivity contribution in [3.05, 3.63) is 42.9 Å². The highest BCUT2D eigenvalue weighted by Gasteiger charge is 2.21. The highest BCUT2D eigenvalue weighted by molar-refractivity contribution is 5.63. The van der Waals surface area contributed by atoms with Gasteiger partial charge in [0.2, 0.25) is 0 Å². The summed E-state index contributed by atoms with van der Waals surface area (Å²) < 4.78 is 7.33. The monoisotopic (exact) mass is 323 g/mol. The molecule has 0 spiro atoms. The van der Waals surface area contributed by atoms with Crippen LogP contribution >= 0.6 is 0 Å². The van der Waals surface area contributed by atoms with Crippen molar-refractivity contribution in [1.82, 2.24) is 19.6 Å². The number of anilines is 1. The second-order valence-electron chi connectivity index (χ2n) is 6.22. The molecule has 124 valence electrons. The molecule has 0 aromatic carbocycles. The fourth-order valence-corrected chi connectivity index (χ4v) is 3.32. The summed E-state index contributed by atoms with van der Waals surface area (Å²) in [5, 5.41) is 8.29. The van der Waals surface area contributed by atoms with Gasteiger partial charge < -0.3 is 10.1 Å². The third-order valence-corrected chi connectivity index (χ3v) is 4.70. The molecule has 0 unspecified atom stereocenters. The molecule has 1 N–H and O–H groups in total. The van der Waals surface area contributed by atoms with E-state index in [0.29, 0.717) is 12.1 Å². The molecule has 6 heteroatoms. The van der Waals surface area contributed by atoms with Gasteiger partial charge in [0.05, 0.1) is 18.0 Å². The Labute approximate surface area is 140 Å². The maximum atomic E-state index is 5.44. The Morgan fingerprint density at radius 2 is 1.88 bits per heavy atom. The van der Waals surface area contributed by atoms with Crippen LogP contribution in [0.5, 0.6) is 0 Å². The van der Waals surface area contributed by atoms with Crippen molar-refractivity contribution in [3.8, 4) is 11.3 Å². The van der Waals surface area contributed by atoms with Gasteiger partial charge >= 0.3 is 0 Å². The van der Waals surface area contributed by atoms with E-state index < -0.39 is 0 Å². The minimum atomic E-state index is 0.408. The molecule has 0 bridgehead atoms. The molecular weight excluding hydrogens is 302 g/mol. The Balaban J connectivity index is 1.57. The van der Waals surface area contributed by atoms with E-state index in [1.807, 2.05) is 35.0 Å². The Morgan fingerprint density at radius 3 is 2.62 bits per heavy atom. The van der Waals surface area contributed by atoms with E-state index in [9.17, 15) is 0 Å². The number of aromatic nitrogens is 4. The number of methoxy groups -OCH3 is 1. The van der Waals surface area contributed by atoms with E-state index in [1.165, 1.54) is 0 Å². The molecule has 3 aromatic rings. The lowest BCUT2D eigenvalue weighted by atomic mass is 9.93. The van der Waals surface area contributed by atoms with Gasteiger partial charge in [-0.25, -0.2) is 9.50 Å². The fraction of sp³-hybridized carbons (Fsp3) is 0.389. The standard InChI is InChI=1S/C18H21N5O/c1-24-15-4-2-14(3-5-15)21-17-6-7-18-20-12-16(23(18)22-17)13-8-10-19-11-9-13/h6-12,14-15H,2-5H2,1H3,(H,21,22). The fourth-order valence-electron chi connectivity index (χ4n) is 3.32. The lowest BCUT2D eigenvalue weighted by molar-refractivity contribution is 0.0681. The van der Waals surface area contributed by atoms with Gasteiger partial charge in [-0.1, -0.05) is 0 Å². The second kappa shape index (κ2) is 6.57. The average Bonchev–Trinajstić information content (AvgIpc) is 3.06. The molecule has 3 aromatic heterocycles. The lowest BCUT2D eigenvalue weighted by Gasteiger charge is -2.28. The van der Waals surface area contributed by atoms with Gasteiger partial charge in [0.1, 0.15) is 5.82 Å². The van der Waals surface area contributed by atoms with Gasteiger partial charge in [0, 0.05) is 31.1 Å². The lowest BCUT2D eigenvalue weighted by Crippen LogP contribution is -2.29. The van der Waals surface area contributed by atoms with Crippen LogP contribution in [0.1, 0.15) is 25.7 Å². The molecule has 1 saturated carbocycles. The molecule has 1 aliphatic rings. The summed E-state index contributed by atoms with van der Waals surface area (Å²) >= 11 is 0. The molecule has 1 fully saturated rings. The summed E-state index contributed by atoms with van der Waals surface area (Å²) in [5.41, 5.74) is 2.87. The van der Waals surface area contributed by atoms with E-state index >= 15 is 0 Å². The van der Waals surface area contributed by atoms with Crippen molar-refractivity contribution in [1.29, 1.82) is 0 Å². The smallest absolute Gasteiger partial charge is 0.154 e. The highest BCUT2D eigenvalue weighted by Crippen LogP contribution is 2.24. The summed E-state index contributed by atoms with van der Waals surface area (Å²) in [6.07, 6.45) is 10.2. The van der Waals surface area contributed by atoms with Crippen LogP contribution in [-0.4, -0.2) is 38.8 Å². The van der Waals surface area contributed by atoms with Crippen molar-refractivity contribution < 1.29 is 4.74 Å². The van der Waals surface area contributed by atoms with E-state index in [4.69, 9.17) is 9.84 Å². The first-order valence-electron chi connectivity index (χ1n) is 8.38. The number of hydrogen-bond acceptors (Lipinski definition) is 5. The van der Waals surface area contributed by atoms with Crippen LogP contribution in [-0.2, 0) is 4.74 Å². The van der Waals surface area contributed by atoms with Crippen molar-refractivity contribution in [2.45, 2.75) is 37.8 Å². The zero-order valence-electron chi connectivity index (χ0n) is 13.7. The van der Waals surface area contributed by atoms with Gasteiger partial charge in [-0.15, -0.1) is 5.10 Å². The van der Waals surface area contributed by atoms with Crippen LogP contribution in [0.4, 0.5) is 5.82 Å². The van der Waals surface area contributed by atoms with Crippen LogP contribution in [0.25, 0.3) is 16.9 Å². The van der Waals surface area contributed by atoms with Crippen LogP contribution in [0, 0.1) is 0 Å². The molecule has 3 heterocycles. The van der Waals surface area contributed by atoms with Gasteiger partial charge in [-0.3, -0.25) is 4.98 Å². The number of nitrogens with one attached hydrogen (secondary N) is 1. The molecule has 0 atom stereocenters. The Hall–Kier alpha value is -2.47. The molecule has 0 aliphatic heterocycles. The molecule has 24 heavy (non-hydrogen) atoms. The first-order valence-corrected chi connectivity index (χ1v) is 8.38. The maximum Gasteiger partial charge on any atom is 0.154 e. The topological polar surface area (TPSA) is 64.3 Å². The SMILES string of the molecule is COC1CCC(Nc2ccc3ncc(-c4ccncc4)n3n2)CC1. The Morgan fingerprint density at radius 1 is 1.08 bits per heavy atom. The zero-order chi connectivity index (χ0) is 16.4. The Bertz CT molecular complexity index is 809. The van der Waals surface area contributed by atoms with Crippen molar-refractivity contribution in [2.24, 2.45) is 0 Å². The van der Waals surface area contributed by atoms with Crippen LogP contribution < -0.4 is 5.32 Å². The zero-order valence-corrected chi connectivity index (χ0v) is 13.7. The summed E-state index contributed by atoms with van der Waals surface area (Å²) in [7, 11) is 1.80. The first-order chi connectivity index (χ1) is 11.8. The molecule has 0 radical (unpaired) electrons. The number of fused-ring (bicyclic) bond motifs is 1. The quantitative estimate of drug-likeness (QED) is 0.799. The van der Waals surface area contributed by atoms with E-state index in [-0.39, 0.29) is 0 Å². The second-order valence-corrected chi connectivity index (χ2v) is 6.22. The number of hydrogen-bond donors (Lipinski definition) is 1. The van der Waals surface area contributed by atoms with Gasteiger partial charge in [-0.05, 0) is 49.9 Å². The van der Waals surface area contributed by atoms with Crippen molar-refractivity contribution >= 4 is 11.5 Å². The molecule has 1 aliphatic carbocycles. The number of ether oxygens (including phenoxy) is 1. The molecule has 0 amide bonds. The number of nitrogens with zero attached hydrogens (tertiary/aromatic N) is 4. The molecule has 0 saturated heterocycles. The van der Waals surface area contributed by atoms with Crippen LogP contribution in [0.2, 0.25) is 0 Å². The number of imidazole rings is 1. The van der Waals surface area contributed by atoms with Crippen molar-refractivity contribution in [2.75, 3.05) is 12.4 Å². The minimum Gasteiger partial charge on any atom is -0.381 e. The largest absolute Gasteiger partial charge is 0.381 e. The van der Waals surface area contributed by atoms with Gasteiger partial charge in [0.15, 0.2) is 5.65 Å². The average molecular weight is 323 g/mol. The van der Waals surface area contributed by atoms with Gasteiger partial charge in [0.25, 0.3) is 0 Å². The number of rotatable bonds is 4. The Kier molecular flexibility index (Phi) is 4.13. The third kappa shape index (κ3) is 2.97. The minimum absolute atomic E-state index is 0.408. The number of pyridine rings is 1. The van der Waals surface area contributed by atoms with Gasteiger partial charge in [-0.2, -0.15) is 0 Å². The molecular formula is C18H21N5O. The normalized spacial score (nSPS) is 21.0. The van der Waals surface area contributed by atoms with Crippen LogP contribution in [0.3, 0.4) is 0 Å². The summed E-state index contributed by atoms with van der Waals surface area (Å²) in [6.45, 7) is 0. The van der Waals surface area contributed by atoms with E-state index in [1.54, 1.807) is 19.5 Å². The van der Waals surface area contributed by atoms with E-state index in [0.717, 1.165) is 48.4 Å². The molecule has 4 rings (SSSR count). The summed E-state index contributed by atoms with van der Waals surface area (Å²) in [6, 6.07) is 8.39. The predicted octanol–water partition coefficient (Wildman–Crippen LogP) is 3.16.